The highest BCUT2D eigenvalue weighted by Gasteiger charge is 2.26. The first-order valence-electron chi connectivity index (χ1n) is 10.8. The van der Waals surface area contributed by atoms with Crippen LogP contribution in [-0.4, -0.2) is 14.8 Å². The third-order valence-corrected chi connectivity index (χ3v) is 6.64. The fraction of sp³-hybridized carbons (Fsp3) is 0.500. The minimum Gasteiger partial charge on any atom is -0.233 e. The van der Waals surface area contributed by atoms with Crippen molar-refractivity contribution in [3.8, 4) is 5.69 Å². The Morgan fingerprint density at radius 1 is 1.14 bits per heavy atom. The molecule has 1 aliphatic carbocycles. The van der Waals surface area contributed by atoms with Crippen LogP contribution in [0.25, 0.3) is 16.7 Å². The Labute approximate surface area is 176 Å². The van der Waals surface area contributed by atoms with Crippen LogP contribution in [0.5, 0.6) is 0 Å². The van der Waals surface area contributed by atoms with Gasteiger partial charge in [0.05, 0.1) is 11.4 Å². The third kappa shape index (κ3) is 3.63. The molecule has 4 heteroatoms. The van der Waals surface area contributed by atoms with Gasteiger partial charge in [0.2, 0.25) is 0 Å². The van der Waals surface area contributed by atoms with E-state index in [1.165, 1.54) is 67.2 Å². The van der Waals surface area contributed by atoms with Gasteiger partial charge in [0.1, 0.15) is 0 Å². The van der Waals surface area contributed by atoms with E-state index in [0.29, 0.717) is 5.92 Å². The molecule has 3 aromatic rings. The van der Waals surface area contributed by atoms with Crippen LogP contribution in [0.15, 0.2) is 28.7 Å². The van der Waals surface area contributed by atoms with E-state index < -0.39 is 0 Å². The highest BCUT2D eigenvalue weighted by atomic mass is 79.9. The second-order valence-electron chi connectivity index (χ2n) is 8.23. The number of pyridine rings is 1. The van der Waals surface area contributed by atoms with Crippen molar-refractivity contribution in [2.45, 2.75) is 78.1 Å². The summed E-state index contributed by atoms with van der Waals surface area (Å²) in [6, 6.07) is 8.37. The van der Waals surface area contributed by atoms with Gasteiger partial charge in [-0.3, -0.25) is 0 Å². The number of unbranched alkanes of at least 4 members (excludes halogenated alkanes) is 3. The largest absolute Gasteiger partial charge is 0.233 e. The van der Waals surface area contributed by atoms with Crippen molar-refractivity contribution in [1.82, 2.24) is 14.8 Å². The van der Waals surface area contributed by atoms with Crippen molar-refractivity contribution >= 4 is 27.0 Å². The third-order valence-electron chi connectivity index (χ3n) is 6.11. The molecule has 28 heavy (non-hydrogen) atoms. The summed E-state index contributed by atoms with van der Waals surface area (Å²) in [5, 5.41) is 6.22. The number of hydrogen-bond acceptors (Lipinski definition) is 2. The molecule has 2 aromatic heterocycles. The van der Waals surface area contributed by atoms with Crippen LogP contribution in [0, 0.1) is 6.92 Å². The molecule has 1 aromatic carbocycles. The monoisotopic (exact) mass is 439 g/mol. The molecule has 148 valence electrons. The zero-order chi connectivity index (χ0) is 19.7. The molecule has 1 atom stereocenters. The Kier molecular flexibility index (Phi) is 5.86. The summed E-state index contributed by atoms with van der Waals surface area (Å²) in [6.07, 6.45) is 9.94. The number of fused-ring (bicyclic) bond motifs is 3. The van der Waals surface area contributed by atoms with Gasteiger partial charge in [-0.05, 0) is 80.3 Å². The summed E-state index contributed by atoms with van der Waals surface area (Å²) in [5.41, 5.74) is 7.60. The zero-order valence-electron chi connectivity index (χ0n) is 17.3. The molecule has 0 fully saturated rings. The van der Waals surface area contributed by atoms with Gasteiger partial charge in [-0.15, -0.1) is 0 Å². The highest BCUT2D eigenvalue weighted by molar-refractivity contribution is 9.10. The van der Waals surface area contributed by atoms with Crippen LogP contribution in [0.1, 0.15) is 80.8 Å². The Bertz CT molecular complexity index is 972. The maximum Gasteiger partial charge on any atom is 0.163 e. The fourth-order valence-corrected chi connectivity index (χ4v) is 4.94. The van der Waals surface area contributed by atoms with E-state index >= 15 is 0 Å². The number of halogens is 1. The molecule has 1 unspecified atom stereocenters. The van der Waals surface area contributed by atoms with Gasteiger partial charge in [-0.1, -0.05) is 49.0 Å². The van der Waals surface area contributed by atoms with Crippen LogP contribution in [0.2, 0.25) is 0 Å². The minimum absolute atomic E-state index is 0.588. The SMILES string of the molecule is CCCCCCc1nc2c(c(C)nn2-c2ccc(Br)cc2)c2c1CCCC2C. The summed E-state index contributed by atoms with van der Waals surface area (Å²) in [4.78, 5) is 5.23. The Morgan fingerprint density at radius 3 is 2.68 bits per heavy atom. The van der Waals surface area contributed by atoms with Gasteiger partial charge in [-0.2, -0.15) is 5.10 Å². The average Bonchev–Trinajstić information content (AvgIpc) is 3.02. The molecular formula is C24H30BrN3. The zero-order valence-corrected chi connectivity index (χ0v) is 18.8. The number of aromatic nitrogens is 3. The smallest absolute Gasteiger partial charge is 0.163 e. The normalized spacial score (nSPS) is 16.5. The fourth-order valence-electron chi connectivity index (χ4n) is 4.68. The van der Waals surface area contributed by atoms with Crippen molar-refractivity contribution in [2.24, 2.45) is 0 Å². The van der Waals surface area contributed by atoms with Gasteiger partial charge < -0.3 is 0 Å². The molecule has 0 spiro atoms. The Hall–Kier alpha value is -1.68. The summed E-state index contributed by atoms with van der Waals surface area (Å²) in [5.74, 6) is 0.588. The Morgan fingerprint density at radius 2 is 1.93 bits per heavy atom. The van der Waals surface area contributed by atoms with E-state index in [4.69, 9.17) is 10.1 Å². The predicted octanol–water partition coefficient (Wildman–Crippen LogP) is 7.05. The lowest BCUT2D eigenvalue weighted by Gasteiger charge is -2.25. The van der Waals surface area contributed by atoms with Gasteiger partial charge in [-0.25, -0.2) is 9.67 Å². The molecule has 0 bridgehead atoms. The first kappa shape index (κ1) is 19.6. The molecule has 0 radical (unpaired) electrons. The second-order valence-corrected chi connectivity index (χ2v) is 9.14. The maximum atomic E-state index is 5.23. The van der Waals surface area contributed by atoms with Crippen LogP contribution < -0.4 is 0 Å². The standard InChI is InChI=1S/C24H30BrN3/c1-4-5-6-7-11-21-20-10-8-9-16(2)22(20)23-17(3)27-28(24(23)26-21)19-14-12-18(25)13-15-19/h12-16H,4-11H2,1-3H3. The molecule has 4 rings (SSSR count). The first-order valence-corrected chi connectivity index (χ1v) is 11.6. The molecule has 0 N–H and O–H groups in total. The molecule has 0 saturated heterocycles. The molecule has 3 nitrogen and oxygen atoms in total. The number of nitrogens with zero attached hydrogens (tertiary/aromatic N) is 3. The van der Waals surface area contributed by atoms with Crippen LogP contribution in [-0.2, 0) is 12.8 Å². The summed E-state index contributed by atoms with van der Waals surface area (Å²) in [6.45, 7) is 6.80. The summed E-state index contributed by atoms with van der Waals surface area (Å²) >= 11 is 3.54. The number of rotatable bonds is 6. The van der Waals surface area contributed by atoms with Crippen molar-refractivity contribution in [2.75, 3.05) is 0 Å². The molecule has 1 aliphatic rings. The lowest BCUT2D eigenvalue weighted by molar-refractivity contribution is 0.582. The number of hydrogen-bond donors (Lipinski definition) is 0. The predicted molar refractivity (Wildman–Crippen MR) is 121 cm³/mol. The average molecular weight is 440 g/mol. The molecule has 0 saturated carbocycles. The summed E-state index contributed by atoms with van der Waals surface area (Å²) in [7, 11) is 0. The van der Waals surface area contributed by atoms with E-state index in [1.807, 2.05) is 4.68 Å². The number of benzene rings is 1. The lowest BCUT2D eigenvalue weighted by Crippen LogP contribution is -2.13. The molecule has 2 heterocycles. The van der Waals surface area contributed by atoms with Gasteiger partial charge >= 0.3 is 0 Å². The first-order chi connectivity index (χ1) is 13.6. The van der Waals surface area contributed by atoms with Crippen molar-refractivity contribution in [3.05, 3.63) is 51.3 Å². The van der Waals surface area contributed by atoms with Crippen molar-refractivity contribution in [3.63, 3.8) is 0 Å². The number of aryl methyl sites for hydroxylation is 2. The Balaban J connectivity index is 1.87. The summed E-state index contributed by atoms with van der Waals surface area (Å²) < 4.78 is 3.13. The molecule has 0 aliphatic heterocycles. The van der Waals surface area contributed by atoms with Crippen LogP contribution >= 0.6 is 15.9 Å². The van der Waals surface area contributed by atoms with Gasteiger partial charge in [0.15, 0.2) is 5.65 Å². The highest BCUT2D eigenvalue weighted by Crippen LogP contribution is 2.39. The van der Waals surface area contributed by atoms with Crippen molar-refractivity contribution in [1.29, 1.82) is 0 Å². The van der Waals surface area contributed by atoms with E-state index in [-0.39, 0.29) is 0 Å². The molecular weight excluding hydrogens is 410 g/mol. The molecule has 0 amide bonds. The van der Waals surface area contributed by atoms with Gasteiger partial charge in [0, 0.05) is 15.6 Å². The van der Waals surface area contributed by atoms with E-state index in [2.05, 4.69) is 61.0 Å². The van der Waals surface area contributed by atoms with Crippen LogP contribution in [0.4, 0.5) is 0 Å². The quantitative estimate of drug-likeness (QED) is 0.385. The lowest BCUT2D eigenvalue weighted by atomic mass is 9.81. The van der Waals surface area contributed by atoms with Gasteiger partial charge in [0.25, 0.3) is 0 Å². The van der Waals surface area contributed by atoms with E-state index in [0.717, 1.165) is 27.9 Å². The van der Waals surface area contributed by atoms with Crippen molar-refractivity contribution < 1.29 is 0 Å². The van der Waals surface area contributed by atoms with E-state index in [1.54, 1.807) is 0 Å². The maximum absolute atomic E-state index is 5.23. The second kappa shape index (κ2) is 8.36. The van der Waals surface area contributed by atoms with E-state index in [9.17, 15) is 0 Å². The minimum atomic E-state index is 0.588. The van der Waals surface area contributed by atoms with Crippen LogP contribution in [0.3, 0.4) is 0 Å². The topological polar surface area (TPSA) is 30.7 Å².